The molecule has 0 N–H and O–H groups in total. The molecule has 0 amide bonds. The summed E-state index contributed by atoms with van der Waals surface area (Å²) in [5, 5.41) is 0. The molecule has 0 aliphatic heterocycles. The van der Waals surface area contributed by atoms with Crippen molar-refractivity contribution < 1.29 is 9.53 Å². The second kappa shape index (κ2) is 3.74. The van der Waals surface area contributed by atoms with Crippen molar-refractivity contribution in [1.29, 1.82) is 0 Å². The zero-order valence-corrected chi connectivity index (χ0v) is 7.30. The lowest BCUT2D eigenvalue weighted by Gasteiger charge is -2.29. The van der Waals surface area contributed by atoms with Gasteiger partial charge in [-0.25, -0.2) is 0 Å². The zero-order valence-electron chi connectivity index (χ0n) is 7.30. The molecule has 1 aliphatic rings. The van der Waals surface area contributed by atoms with E-state index in [-0.39, 0.29) is 11.9 Å². The molecule has 1 atom stereocenters. The van der Waals surface area contributed by atoms with Crippen LogP contribution < -0.4 is 0 Å². The largest absolute Gasteiger partial charge is 0.466 e. The molecule has 2 heteroatoms. The zero-order chi connectivity index (χ0) is 8.27. The van der Waals surface area contributed by atoms with Crippen molar-refractivity contribution in [3.05, 3.63) is 0 Å². The predicted molar refractivity (Wildman–Crippen MR) is 43.1 cm³/mol. The summed E-state index contributed by atoms with van der Waals surface area (Å²) in [6.45, 7) is 4.34. The first-order valence-electron chi connectivity index (χ1n) is 4.42. The van der Waals surface area contributed by atoms with E-state index in [1.807, 2.05) is 13.8 Å². The van der Waals surface area contributed by atoms with Crippen LogP contribution in [0.4, 0.5) is 0 Å². The van der Waals surface area contributed by atoms with Crippen LogP contribution in [0.3, 0.4) is 0 Å². The molecule has 0 radical (unpaired) electrons. The maximum absolute atomic E-state index is 11.2. The lowest BCUT2D eigenvalue weighted by molar-refractivity contribution is -0.150. The van der Waals surface area contributed by atoms with Gasteiger partial charge in [0, 0.05) is 0 Å². The molecule has 0 saturated heterocycles. The Morgan fingerprint density at radius 1 is 1.64 bits per heavy atom. The average Bonchev–Trinajstić information content (AvgIpc) is 1.84. The highest BCUT2D eigenvalue weighted by atomic mass is 16.5. The molecule has 2 nitrogen and oxygen atoms in total. The summed E-state index contributed by atoms with van der Waals surface area (Å²) in [6, 6.07) is 0. The Morgan fingerprint density at radius 2 is 2.27 bits per heavy atom. The van der Waals surface area contributed by atoms with Crippen LogP contribution in [0.2, 0.25) is 0 Å². The second-order valence-corrected chi connectivity index (χ2v) is 3.23. The molecule has 1 saturated carbocycles. The standard InChI is InChI=1S/C9H16O2/c1-3-11-9(10)7(2)8-5-4-6-8/h7-8H,3-6H2,1-2H3. The highest BCUT2D eigenvalue weighted by molar-refractivity contribution is 5.72. The van der Waals surface area contributed by atoms with Gasteiger partial charge in [0.1, 0.15) is 0 Å². The number of carbonyl (C=O) groups is 1. The van der Waals surface area contributed by atoms with E-state index in [1.54, 1.807) is 0 Å². The van der Waals surface area contributed by atoms with Gasteiger partial charge in [0.25, 0.3) is 0 Å². The van der Waals surface area contributed by atoms with Crippen LogP contribution in [0.15, 0.2) is 0 Å². The van der Waals surface area contributed by atoms with Crippen molar-refractivity contribution in [2.75, 3.05) is 6.61 Å². The van der Waals surface area contributed by atoms with Crippen LogP contribution >= 0.6 is 0 Å². The molecular weight excluding hydrogens is 140 g/mol. The summed E-state index contributed by atoms with van der Waals surface area (Å²) in [5.41, 5.74) is 0. The van der Waals surface area contributed by atoms with E-state index in [0.29, 0.717) is 12.5 Å². The Hall–Kier alpha value is -0.530. The van der Waals surface area contributed by atoms with Crippen LogP contribution in [0.1, 0.15) is 33.1 Å². The van der Waals surface area contributed by atoms with Gasteiger partial charge < -0.3 is 4.74 Å². The summed E-state index contributed by atoms with van der Waals surface area (Å²) in [6.07, 6.45) is 3.70. The van der Waals surface area contributed by atoms with Gasteiger partial charge in [-0.15, -0.1) is 0 Å². The molecule has 0 spiro atoms. The van der Waals surface area contributed by atoms with Crippen molar-refractivity contribution in [2.24, 2.45) is 11.8 Å². The molecule has 1 unspecified atom stereocenters. The van der Waals surface area contributed by atoms with Gasteiger partial charge >= 0.3 is 5.97 Å². The van der Waals surface area contributed by atoms with Crippen molar-refractivity contribution in [3.63, 3.8) is 0 Å². The lowest BCUT2D eigenvalue weighted by atomic mass is 9.77. The molecule has 1 aliphatic carbocycles. The van der Waals surface area contributed by atoms with E-state index in [0.717, 1.165) is 0 Å². The first-order chi connectivity index (χ1) is 5.25. The first kappa shape index (κ1) is 8.57. The number of carbonyl (C=O) groups excluding carboxylic acids is 1. The molecule has 1 fully saturated rings. The molecule has 0 aromatic heterocycles. The summed E-state index contributed by atoms with van der Waals surface area (Å²) >= 11 is 0. The smallest absolute Gasteiger partial charge is 0.308 e. The lowest BCUT2D eigenvalue weighted by Crippen LogP contribution is -2.27. The van der Waals surface area contributed by atoms with Crippen LogP contribution in [-0.2, 0) is 9.53 Å². The van der Waals surface area contributed by atoms with E-state index in [2.05, 4.69) is 0 Å². The Morgan fingerprint density at radius 3 is 2.64 bits per heavy atom. The van der Waals surface area contributed by atoms with Gasteiger partial charge in [0.2, 0.25) is 0 Å². The molecule has 0 bridgehead atoms. The van der Waals surface area contributed by atoms with Gasteiger partial charge in [-0.3, -0.25) is 4.79 Å². The third-order valence-electron chi connectivity index (χ3n) is 2.52. The Balaban J connectivity index is 2.27. The number of hydrogen-bond acceptors (Lipinski definition) is 2. The minimum Gasteiger partial charge on any atom is -0.466 e. The van der Waals surface area contributed by atoms with Gasteiger partial charge in [-0.1, -0.05) is 13.3 Å². The van der Waals surface area contributed by atoms with Crippen LogP contribution in [0.25, 0.3) is 0 Å². The minimum atomic E-state index is -0.0165. The van der Waals surface area contributed by atoms with Crippen LogP contribution in [0, 0.1) is 11.8 Å². The molecule has 11 heavy (non-hydrogen) atoms. The highest BCUT2D eigenvalue weighted by Crippen LogP contribution is 2.33. The Bertz CT molecular complexity index is 138. The summed E-state index contributed by atoms with van der Waals surface area (Å²) in [7, 11) is 0. The number of hydrogen-bond donors (Lipinski definition) is 0. The monoisotopic (exact) mass is 156 g/mol. The highest BCUT2D eigenvalue weighted by Gasteiger charge is 2.29. The van der Waals surface area contributed by atoms with Crippen LogP contribution in [0.5, 0.6) is 0 Å². The molecule has 0 heterocycles. The normalized spacial score (nSPS) is 20.5. The predicted octanol–water partition coefficient (Wildman–Crippen LogP) is 1.99. The molecule has 0 aromatic rings. The van der Waals surface area contributed by atoms with E-state index < -0.39 is 0 Å². The Kier molecular flexibility index (Phi) is 2.92. The molecular formula is C9H16O2. The quantitative estimate of drug-likeness (QED) is 0.584. The fourth-order valence-corrected chi connectivity index (χ4v) is 1.41. The van der Waals surface area contributed by atoms with E-state index >= 15 is 0 Å². The fraction of sp³-hybridized carbons (Fsp3) is 0.889. The van der Waals surface area contributed by atoms with E-state index in [9.17, 15) is 4.79 Å². The van der Waals surface area contributed by atoms with Crippen molar-refractivity contribution in [3.8, 4) is 0 Å². The van der Waals surface area contributed by atoms with Gasteiger partial charge in [0.05, 0.1) is 12.5 Å². The SMILES string of the molecule is CCOC(=O)C(C)C1CCC1. The van der Waals surface area contributed by atoms with E-state index in [1.165, 1.54) is 19.3 Å². The number of esters is 1. The van der Waals surface area contributed by atoms with E-state index in [4.69, 9.17) is 4.74 Å². The molecule has 1 rings (SSSR count). The topological polar surface area (TPSA) is 26.3 Å². The maximum atomic E-state index is 11.2. The van der Waals surface area contributed by atoms with Crippen molar-refractivity contribution in [1.82, 2.24) is 0 Å². The first-order valence-corrected chi connectivity index (χ1v) is 4.42. The Labute approximate surface area is 67.9 Å². The average molecular weight is 156 g/mol. The number of rotatable bonds is 3. The van der Waals surface area contributed by atoms with Gasteiger partial charge in [-0.05, 0) is 25.7 Å². The third kappa shape index (κ3) is 1.95. The molecule has 64 valence electrons. The number of ether oxygens (including phenoxy) is 1. The van der Waals surface area contributed by atoms with Gasteiger partial charge in [-0.2, -0.15) is 0 Å². The van der Waals surface area contributed by atoms with Crippen LogP contribution in [-0.4, -0.2) is 12.6 Å². The summed E-state index contributed by atoms with van der Waals surface area (Å²) in [4.78, 5) is 11.2. The summed E-state index contributed by atoms with van der Waals surface area (Å²) in [5.74, 6) is 0.718. The van der Waals surface area contributed by atoms with Crippen molar-refractivity contribution in [2.45, 2.75) is 33.1 Å². The fourth-order valence-electron chi connectivity index (χ4n) is 1.41. The third-order valence-corrected chi connectivity index (χ3v) is 2.52. The second-order valence-electron chi connectivity index (χ2n) is 3.23. The van der Waals surface area contributed by atoms with Crippen molar-refractivity contribution >= 4 is 5.97 Å². The maximum Gasteiger partial charge on any atom is 0.308 e. The molecule has 0 aromatic carbocycles. The van der Waals surface area contributed by atoms with Gasteiger partial charge in [0.15, 0.2) is 0 Å². The summed E-state index contributed by atoms with van der Waals surface area (Å²) < 4.78 is 4.92. The minimum absolute atomic E-state index is 0.0165.